The minimum absolute atomic E-state index is 0.126. The monoisotopic (exact) mass is 424 g/mol. The Kier molecular flexibility index (Phi) is 5.64. The van der Waals surface area contributed by atoms with E-state index in [4.69, 9.17) is 16.1 Å². The molecule has 8 nitrogen and oxygen atoms in total. The molecule has 1 aliphatic rings. The zero-order valence-electron chi connectivity index (χ0n) is 15.5. The van der Waals surface area contributed by atoms with Crippen molar-refractivity contribution in [3.8, 4) is 22.8 Å². The Morgan fingerprint density at radius 3 is 2.38 bits per heavy atom. The molecule has 0 fully saturated rings. The molecule has 0 saturated heterocycles. The molecule has 1 aliphatic heterocycles. The fourth-order valence-corrected chi connectivity index (χ4v) is 2.65. The number of rotatable bonds is 3. The maximum absolute atomic E-state index is 13.2. The van der Waals surface area contributed by atoms with Gasteiger partial charge in [0.15, 0.2) is 17.3 Å². The third-order valence-electron chi connectivity index (χ3n) is 3.66. The predicted molar refractivity (Wildman–Crippen MR) is 99.2 cm³/mol. The van der Waals surface area contributed by atoms with Crippen LogP contribution in [0.4, 0.5) is 14.6 Å². The van der Waals surface area contributed by atoms with Crippen LogP contribution in [0.3, 0.4) is 0 Å². The first kappa shape index (κ1) is 20.5. The molecule has 0 spiro atoms. The van der Waals surface area contributed by atoms with Gasteiger partial charge in [0.05, 0.1) is 29.3 Å². The van der Waals surface area contributed by atoms with Crippen LogP contribution in [0.2, 0.25) is 5.02 Å². The fourth-order valence-electron chi connectivity index (χ4n) is 2.40. The topological polar surface area (TPSA) is 99.4 Å². The highest BCUT2D eigenvalue weighted by molar-refractivity contribution is 6.33. The normalized spacial score (nSPS) is 13.4. The van der Waals surface area contributed by atoms with Gasteiger partial charge >= 0.3 is 6.29 Å². The summed E-state index contributed by atoms with van der Waals surface area (Å²) in [5, 5.41) is 6.19. The summed E-state index contributed by atoms with van der Waals surface area (Å²) in [6.07, 6.45) is 0.169. The van der Waals surface area contributed by atoms with Gasteiger partial charge in [-0.15, -0.1) is 8.78 Å². The molecule has 4 rings (SSSR count). The maximum Gasteiger partial charge on any atom is 0.586 e. The van der Waals surface area contributed by atoms with E-state index in [2.05, 4.69) is 29.9 Å². The molecular formula is C18H15ClF2N4O4. The molecule has 0 bridgehead atoms. The Bertz CT molecular complexity index is 1040. The smallest absolute Gasteiger partial charge is 0.395 e. The summed E-state index contributed by atoms with van der Waals surface area (Å²) in [7, 11) is 0. The molecule has 0 atom stereocenters. The fraction of sp³-hybridized carbons (Fsp3) is 0.222. The lowest BCUT2D eigenvalue weighted by Gasteiger charge is -2.07. The minimum atomic E-state index is -3.75. The number of hydrogen-bond donors (Lipinski definition) is 1. The number of carbonyl (C=O) groups is 1. The molecule has 29 heavy (non-hydrogen) atoms. The van der Waals surface area contributed by atoms with E-state index in [-0.39, 0.29) is 27.9 Å². The molecule has 11 heteroatoms. The number of aromatic nitrogens is 3. The summed E-state index contributed by atoms with van der Waals surface area (Å²) in [4.78, 5) is 20.3. The van der Waals surface area contributed by atoms with E-state index in [1.165, 1.54) is 30.7 Å². The Labute approximate surface area is 168 Å². The molecule has 1 aromatic carbocycles. The van der Waals surface area contributed by atoms with Crippen molar-refractivity contribution in [2.24, 2.45) is 0 Å². The van der Waals surface area contributed by atoms with E-state index in [9.17, 15) is 13.6 Å². The van der Waals surface area contributed by atoms with Crippen LogP contribution in [0, 0.1) is 6.92 Å². The zero-order chi connectivity index (χ0) is 21.2. The maximum atomic E-state index is 13.2. The molecule has 0 radical (unpaired) electrons. The molecular weight excluding hydrogens is 410 g/mol. The number of ether oxygens (including phenoxy) is 2. The van der Waals surface area contributed by atoms with E-state index in [0.29, 0.717) is 17.0 Å². The lowest BCUT2D eigenvalue weighted by atomic mass is 10.1. The molecule has 152 valence electrons. The van der Waals surface area contributed by atoms with E-state index in [1.807, 2.05) is 13.8 Å². The first-order valence-corrected chi connectivity index (χ1v) is 8.84. The zero-order valence-corrected chi connectivity index (χ0v) is 16.3. The number of nitrogens with one attached hydrogen (secondary N) is 1. The SMILES string of the molecule is CC.Cc1oncc1C(=O)Nc1cnc(-c2cc3c(cc2Cl)OC(F)(F)O3)cn1. The highest BCUT2D eigenvalue weighted by Gasteiger charge is 2.43. The highest BCUT2D eigenvalue weighted by Crippen LogP contribution is 2.45. The van der Waals surface area contributed by atoms with Crippen LogP contribution in [-0.2, 0) is 0 Å². The lowest BCUT2D eigenvalue weighted by molar-refractivity contribution is -0.286. The van der Waals surface area contributed by atoms with Crippen LogP contribution >= 0.6 is 11.6 Å². The van der Waals surface area contributed by atoms with Gasteiger partial charge in [0.2, 0.25) is 0 Å². The number of nitrogens with zero attached hydrogens (tertiary/aromatic N) is 3. The number of carbonyl (C=O) groups excluding carboxylic acids is 1. The van der Waals surface area contributed by atoms with Crippen LogP contribution in [0.1, 0.15) is 30.0 Å². The van der Waals surface area contributed by atoms with Crippen LogP contribution in [0.25, 0.3) is 11.3 Å². The molecule has 0 aliphatic carbocycles. The van der Waals surface area contributed by atoms with Gasteiger partial charge < -0.3 is 19.3 Å². The number of alkyl halides is 2. The van der Waals surface area contributed by atoms with Crippen molar-refractivity contribution in [2.75, 3.05) is 5.32 Å². The molecule has 3 heterocycles. The van der Waals surface area contributed by atoms with Gasteiger partial charge in [-0.1, -0.05) is 30.6 Å². The molecule has 2 aromatic heterocycles. The van der Waals surface area contributed by atoms with Crippen LogP contribution in [0.15, 0.2) is 35.2 Å². The summed E-state index contributed by atoms with van der Waals surface area (Å²) in [5.41, 5.74) is 0.873. The lowest BCUT2D eigenvalue weighted by Crippen LogP contribution is -2.25. The molecule has 1 amide bonds. The van der Waals surface area contributed by atoms with Gasteiger partial charge in [-0.3, -0.25) is 9.78 Å². The van der Waals surface area contributed by atoms with Crippen molar-refractivity contribution in [2.45, 2.75) is 27.1 Å². The average molecular weight is 425 g/mol. The van der Waals surface area contributed by atoms with Gasteiger partial charge in [-0.25, -0.2) is 4.98 Å². The second-order valence-corrected chi connectivity index (χ2v) is 5.89. The summed E-state index contributed by atoms with van der Waals surface area (Å²) < 4.78 is 39.9. The summed E-state index contributed by atoms with van der Waals surface area (Å²) in [6, 6.07) is 2.49. The Morgan fingerprint density at radius 1 is 1.10 bits per heavy atom. The van der Waals surface area contributed by atoms with Gasteiger partial charge in [-0.2, -0.15) is 0 Å². The van der Waals surface area contributed by atoms with Crippen LogP contribution < -0.4 is 14.8 Å². The second-order valence-electron chi connectivity index (χ2n) is 5.48. The Hall–Kier alpha value is -3.27. The number of amides is 1. The molecule has 1 N–H and O–H groups in total. The van der Waals surface area contributed by atoms with Gasteiger partial charge in [0, 0.05) is 11.6 Å². The molecule has 0 unspecified atom stereocenters. The van der Waals surface area contributed by atoms with Crippen molar-refractivity contribution < 1.29 is 27.6 Å². The van der Waals surface area contributed by atoms with E-state index >= 15 is 0 Å². The quantitative estimate of drug-likeness (QED) is 0.650. The van der Waals surface area contributed by atoms with E-state index < -0.39 is 12.2 Å². The van der Waals surface area contributed by atoms with Crippen molar-refractivity contribution in [1.29, 1.82) is 0 Å². The van der Waals surface area contributed by atoms with Crippen LogP contribution in [0.5, 0.6) is 11.5 Å². The van der Waals surface area contributed by atoms with Crippen molar-refractivity contribution in [3.05, 3.63) is 47.1 Å². The number of halogens is 3. The standard InChI is InChI=1S/C16H9ClF2N4O4.C2H6/c1-7-9(4-22-27-7)15(24)23-14-6-20-11(5-21-14)8-2-12-13(3-10(8)17)26-16(18,19)25-12;1-2/h2-6H,1H3,(H,21,23,24);1-2H3. The van der Waals surface area contributed by atoms with Crippen molar-refractivity contribution in [3.63, 3.8) is 0 Å². The third-order valence-corrected chi connectivity index (χ3v) is 3.97. The Morgan fingerprint density at radius 2 is 1.79 bits per heavy atom. The van der Waals surface area contributed by atoms with Crippen molar-refractivity contribution >= 4 is 23.3 Å². The number of fused-ring (bicyclic) bond motifs is 1. The van der Waals surface area contributed by atoms with Gasteiger partial charge in [-0.05, 0) is 13.0 Å². The predicted octanol–water partition coefficient (Wildman–Crippen LogP) is 4.69. The largest absolute Gasteiger partial charge is 0.586 e. The van der Waals surface area contributed by atoms with Crippen LogP contribution in [-0.4, -0.2) is 27.3 Å². The van der Waals surface area contributed by atoms with Gasteiger partial charge in [0.25, 0.3) is 5.91 Å². The first-order chi connectivity index (χ1) is 13.8. The highest BCUT2D eigenvalue weighted by atomic mass is 35.5. The van der Waals surface area contributed by atoms with E-state index in [0.717, 1.165) is 0 Å². The molecule has 3 aromatic rings. The van der Waals surface area contributed by atoms with Crippen molar-refractivity contribution in [1.82, 2.24) is 15.1 Å². The Balaban J connectivity index is 0.00000117. The number of benzene rings is 1. The summed E-state index contributed by atoms with van der Waals surface area (Å²) in [5.74, 6) is -0.260. The number of aryl methyl sites for hydroxylation is 1. The summed E-state index contributed by atoms with van der Waals surface area (Å²) in [6.45, 7) is 5.60. The molecule has 0 saturated carbocycles. The second kappa shape index (κ2) is 8.00. The first-order valence-electron chi connectivity index (χ1n) is 8.47. The number of anilines is 1. The minimum Gasteiger partial charge on any atom is -0.395 e. The van der Waals surface area contributed by atoms with E-state index in [1.54, 1.807) is 6.92 Å². The number of hydrogen-bond acceptors (Lipinski definition) is 7. The average Bonchev–Trinajstić information content (AvgIpc) is 3.24. The van der Waals surface area contributed by atoms with Gasteiger partial charge in [0.1, 0.15) is 11.3 Å². The summed E-state index contributed by atoms with van der Waals surface area (Å²) >= 11 is 6.11. The third kappa shape index (κ3) is 4.27.